The summed E-state index contributed by atoms with van der Waals surface area (Å²) in [7, 11) is 0. The minimum absolute atomic E-state index is 0.306. The van der Waals surface area contributed by atoms with Crippen LogP contribution in [0.2, 0.25) is 5.02 Å². The number of nitrogens with one attached hydrogen (secondary N) is 1. The van der Waals surface area contributed by atoms with Crippen LogP contribution in [0.4, 0.5) is 17.1 Å². The topological polar surface area (TPSA) is 64.3 Å². The molecule has 0 amide bonds. The van der Waals surface area contributed by atoms with E-state index >= 15 is 0 Å². The van der Waals surface area contributed by atoms with E-state index in [0.29, 0.717) is 22.9 Å². The molecule has 0 aliphatic carbocycles. The van der Waals surface area contributed by atoms with Gasteiger partial charge in [0, 0.05) is 11.4 Å². The lowest BCUT2D eigenvalue weighted by Crippen LogP contribution is -2.08. The van der Waals surface area contributed by atoms with E-state index in [2.05, 4.69) is 5.32 Å². The van der Waals surface area contributed by atoms with Crippen LogP contribution in [0.25, 0.3) is 0 Å². The van der Waals surface area contributed by atoms with Crippen molar-refractivity contribution in [2.24, 2.45) is 0 Å². The minimum atomic E-state index is -0.437. The van der Waals surface area contributed by atoms with Gasteiger partial charge in [-0.05, 0) is 37.3 Å². The molecule has 20 heavy (non-hydrogen) atoms. The van der Waals surface area contributed by atoms with E-state index in [4.69, 9.17) is 22.1 Å². The average Bonchev–Trinajstić information content (AvgIpc) is 2.43. The van der Waals surface area contributed by atoms with Crippen molar-refractivity contribution >= 4 is 34.6 Å². The minimum Gasteiger partial charge on any atom is -0.462 e. The van der Waals surface area contributed by atoms with Crippen molar-refractivity contribution in [3.8, 4) is 0 Å². The number of anilines is 3. The van der Waals surface area contributed by atoms with E-state index in [1.54, 1.807) is 31.2 Å². The third-order valence-electron chi connectivity index (χ3n) is 2.70. The zero-order valence-electron chi connectivity index (χ0n) is 11.0. The number of para-hydroxylation sites is 1. The van der Waals surface area contributed by atoms with Crippen molar-refractivity contribution in [3.05, 3.63) is 53.1 Å². The predicted molar refractivity (Wildman–Crippen MR) is 81.5 cm³/mol. The van der Waals surface area contributed by atoms with Gasteiger partial charge in [-0.3, -0.25) is 0 Å². The molecule has 0 unspecified atom stereocenters. The molecule has 0 bridgehead atoms. The fraction of sp³-hybridized carbons (Fsp3) is 0.133. The highest BCUT2D eigenvalue weighted by molar-refractivity contribution is 6.33. The third-order valence-corrected chi connectivity index (χ3v) is 3.03. The fourth-order valence-electron chi connectivity index (χ4n) is 1.74. The van der Waals surface area contributed by atoms with Crippen LogP contribution in [0.5, 0.6) is 0 Å². The Bertz CT molecular complexity index is 629. The number of carbonyl (C=O) groups excluding carboxylic acids is 1. The van der Waals surface area contributed by atoms with E-state index < -0.39 is 5.97 Å². The van der Waals surface area contributed by atoms with Crippen molar-refractivity contribution < 1.29 is 9.53 Å². The molecule has 3 N–H and O–H groups in total. The number of hydrogen-bond acceptors (Lipinski definition) is 4. The first-order valence-electron chi connectivity index (χ1n) is 6.20. The van der Waals surface area contributed by atoms with Crippen LogP contribution in [0.1, 0.15) is 17.3 Å². The van der Waals surface area contributed by atoms with Crippen molar-refractivity contribution in [1.82, 2.24) is 0 Å². The molecular formula is C15H15ClN2O2. The van der Waals surface area contributed by atoms with Crippen LogP contribution in [0.15, 0.2) is 42.5 Å². The number of esters is 1. The van der Waals surface area contributed by atoms with Gasteiger partial charge in [0.25, 0.3) is 0 Å². The highest BCUT2D eigenvalue weighted by atomic mass is 35.5. The molecule has 0 radical (unpaired) electrons. The SMILES string of the molecule is CCOC(=O)c1cc(Nc2ccccc2Cl)ccc1N. The molecule has 0 saturated carbocycles. The summed E-state index contributed by atoms with van der Waals surface area (Å²) >= 11 is 6.08. The summed E-state index contributed by atoms with van der Waals surface area (Å²) in [5.74, 6) is -0.437. The van der Waals surface area contributed by atoms with Gasteiger partial charge in [0.05, 0.1) is 22.9 Å². The molecule has 0 aliphatic rings. The lowest BCUT2D eigenvalue weighted by Gasteiger charge is -2.11. The Morgan fingerprint density at radius 1 is 1.30 bits per heavy atom. The van der Waals surface area contributed by atoms with Gasteiger partial charge in [-0.15, -0.1) is 0 Å². The van der Waals surface area contributed by atoms with Gasteiger partial charge in [0.15, 0.2) is 0 Å². The summed E-state index contributed by atoms with van der Waals surface area (Å²) in [6.07, 6.45) is 0. The normalized spacial score (nSPS) is 10.1. The average molecular weight is 291 g/mol. The van der Waals surface area contributed by atoms with Gasteiger partial charge in [-0.2, -0.15) is 0 Å². The maximum Gasteiger partial charge on any atom is 0.340 e. The largest absolute Gasteiger partial charge is 0.462 e. The van der Waals surface area contributed by atoms with Crippen molar-refractivity contribution in [1.29, 1.82) is 0 Å². The number of benzene rings is 2. The van der Waals surface area contributed by atoms with Gasteiger partial charge >= 0.3 is 5.97 Å². The Labute approximate surface area is 122 Å². The highest BCUT2D eigenvalue weighted by Crippen LogP contribution is 2.27. The maximum atomic E-state index is 11.8. The van der Waals surface area contributed by atoms with Crippen LogP contribution in [-0.2, 0) is 4.74 Å². The highest BCUT2D eigenvalue weighted by Gasteiger charge is 2.12. The fourth-order valence-corrected chi connectivity index (χ4v) is 1.92. The zero-order chi connectivity index (χ0) is 14.5. The van der Waals surface area contributed by atoms with Crippen LogP contribution in [0, 0.1) is 0 Å². The first kappa shape index (κ1) is 14.2. The van der Waals surface area contributed by atoms with Crippen molar-refractivity contribution in [2.75, 3.05) is 17.7 Å². The molecule has 0 fully saturated rings. The van der Waals surface area contributed by atoms with Gasteiger partial charge < -0.3 is 15.8 Å². The lowest BCUT2D eigenvalue weighted by molar-refractivity contribution is 0.0527. The van der Waals surface area contributed by atoms with E-state index in [9.17, 15) is 4.79 Å². The second-order valence-electron chi connectivity index (χ2n) is 4.13. The Hall–Kier alpha value is -2.20. The first-order valence-corrected chi connectivity index (χ1v) is 6.58. The number of carbonyl (C=O) groups is 1. The standard InChI is InChI=1S/C15H15ClN2O2/c1-2-20-15(19)11-9-10(7-8-13(11)17)18-14-6-4-3-5-12(14)16/h3-9,18H,2,17H2,1H3. The van der Waals surface area contributed by atoms with Crippen molar-refractivity contribution in [2.45, 2.75) is 6.92 Å². The first-order chi connectivity index (χ1) is 9.61. The molecule has 5 heteroatoms. The molecule has 0 aliphatic heterocycles. The zero-order valence-corrected chi connectivity index (χ0v) is 11.8. The molecule has 2 aromatic carbocycles. The van der Waals surface area contributed by atoms with E-state index in [1.165, 1.54) is 0 Å². The second kappa shape index (κ2) is 6.30. The van der Waals surface area contributed by atoms with Gasteiger partial charge in [0.1, 0.15) is 0 Å². The number of halogens is 1. The molecule has 4 nitrogen and oxygen atoms in total. The monoisotopic (exact) mass is 290 g/mol. The molecule has 0 atom stereocenters. The molecule has 0 saturated heterocycles. The van der Waals surface area contributed by atoms with Crippen LogP contribution < -0.4 is 11.1 Å². The maximum absolute atomic E-state index is 11.8. The molecule has 0 aromatic heterocycles. The van der Waals surface area contributed by atoms with Crippen LogP contribution in [0.3, 0.4) is 0 Å². The molecule has 0 spiro atoms. The number of nitrogens with two attached hydrogens (primary N) is 1. The summed E-state index contributed by atoms with van der Waals surface area (Å²) in [4.78, 5) is 11.8. The molecule has 2 rings (SSSR count). The number of ether oxygens (including phenoxy) is 1. The Morgan fingerprint density at radius 2 is 2.05 bits per heavy atom. The third kappa shape index (κ3) is 3.22. The van der Waals surface area contributed by atoms with Crippen LogP contribution in [-0.4, -0.2) is 12.6 Å². The summed E-state index contributed by atoms with van der Waals surface area (Å²) in [5, 5.41) is 3.74. The summed E-state index contributed by atoms with van der Waals surface area (Å²) in [6, 6.07) is 12.4. The van der Waals surface area contributed by atoms with Gasteiger partial charge in [-0.25, -0.2) is 4.79 Å². The Kier molecular flexibility index (Phi) is 4.48. The number of rotatable bonds is 4. The van der Waals surface area contributed by atoms with Gasteiger partial charge in [0.2, 0.25) is 0 Å². The molecular weight excluding hydrogens is 276 g/mol. The molecule has 104 valence electrons. The summed E-state index contributed by atoms with van der Waals surface area (Å²) in [5.41, 5.74) is 7.98. The van der Waals surface area contributed by atoms with E-state index in [-0.39, 0.29) is 0 Å². The van der Waals surface area contributed by atoms with Gasteiger partial charge in [-0.1, -0.05) is 23.7 Å². The van der Waals surface area contributed by atoms with Crippen molar-refractivity contribution in [3.63, 3.8) is 0 Å². The predicted octanol–water partition coefficient (Wildman–Crippen LogP) is 3.84. The quantitative estimate of drug-likeness (QED) is 0.663. The summed E-state index contributed by atoms with van der Waals surface area (Å²) in [6.45, 7) is 2.06. The lowest BCUT2D eigenvalue weighted by atomic mass is 10.1. The summed E-state index contributed by atoms with van der Waals surface area (Å²) < 4.78 is 4.96. The molecule has 2 aromatic rings. The second-order valence-corrected chi connectivity index (χ2v) is 4.53. The van der Waals surface area contributed by atoms with E-state index in [0.717, 1.165) is 11.4 Å². The smallest absolute Gasteiger partial charge is 0.340 e. The Balaban J connectivity index is 2.28. The number of nitrogen functional groups attached to an aromatic ring is 1. The van der Waals surface area contributed by atoms with Crippen LogP contribution >= 0.6 is 11.6 Å². The van der Waals surface area contributed by atoms with E-state index in [1.807, 2.05) is 18.2 Å². The number of hydrogen-bond donors (Lipinski definition) is 2. The molecule has 0 heterocycles. The Morgan fingerprint density at radius 3 is 2.75 bits per heavy atom.